The van der Waals surface area contributed by atoms with Crippen molar-refractivity contribution >= 4 is 23.3 Å². The second-order valence-corrected chi connectivity index (χ2v) is 7.98. The third kappa shape index (κ3) is 4.40. The third-order valence-corrected chi connectivity index (χ3v) is 4.72. The fourth-order valence-electron chi connectivity index (χ4n) is 2.85. The van der Waals surface area contributed by atoms with Gasteiger partial charge in [-0.15, -0.1) is 5.10 Å². The molecule has 0 atom stereocenters. The first-order valence-corrected chi connectivity index (χ1v) is 9.42. The molecule has 0 aliphatic heterocycles. The smallest absolute Gasteiger partial charge is 0.256 e. The third-order valence-electron chi connectivity index (χ3n) is 4.47. The van der Waals surface area contributed by atoms with Crippen molar-refractivity contribution in [3.05, 3.63) is 76.4 Å². The maximum absolute atomic E-state index is 12.6. The Morgan fingerprint density at radius 2 is 1.70 bits per heavy atom. The van der Waals surface area contributed by atoms with Crippen molar-refractivity contribution in [2.75, 3.05) is 5.32 Å². The van der Waals surface area contributed by atoms with Crippen LogP contribution in [-0.4, -0.2) is 15.7 Å². The minimum absolute atomic E-state index is 0.0579. The second kappa shape index (κ2) is 7.57. The number of hydrogen-bond donors (Lipinski definition) is 1. The Kier molecular flexibility index (Phi) is 5.38. The van der Waals surface area contributed by atoms with E-state index >= 15 is 0 Å². The molecule has 3 aromatic rings. The number of aromatic nitrogens is 2. The van der Waals surface area contributed by atoms with Crippen LogP contribution in [0.5, 0.6) is 0 Å². The number of nitrogens with one attached hydrogen (secondary N) is 1. The zero-order valence-electron chi connectivity index (χ0n) is 16.1. The number of halogens is 1. The molecular weight excluding hydrogens is 358 g/mol. The summed E-state index contributed by atoms with van der Waals surface area (Å²) < 4.78 is 1.83. The second-order valence-electron chi connectivity index (χ2n) is 7.54. The largest absolute Gasteiger partial charge is 0.305 e. The molecule has 1 aromatic heterocycles. The highest BCUT2D eigenvalue weighted by Gasteiger charge is 2.15. The molecule has 0 bridgehead atoms. The molecule has 0 fully saturated rings. The fraction of sp³-hybridized carbons (Fsp3) is 0.273. The Morgan fingerprint density at radius 1 is 1.07 bits per heavy atom. The van der Waals surface area contributed by atoms with Crippen LogP contribution >= 0.6 is 11.6 Å². The molecule has 27 heavy (non-hydrogen) atoms. The predicted molar refractivity (Wildman–Crippen MR) is 111 cm³/mol. The minimum atomic E-state index is -0.168. The van der Waals surface area contributed by atoms with Gasteiger partial charge >= 0.3 is 0 Å². The number of benzene rings is 2. The van der Waals surface area contributed by atoms with Crippen molar-refractivity contribution in [3.8, 4) is 5.69 Å². The van der Waals surface area contributed by atoms with Crippen LogP contribution in [0.4, 0.5) is 5.82 Å². The molecule has 140 valence electrons. The van der Waals surface area contributed by atoms with Crippen molar-refractivity contribution in [2.45, 2.75) is 39.5 Å². The lowest BCUT2D eigenvalue weighted by Gasteiger charge is -2.18. The molecule has 0 aliphatic carbocycles. The molecule has 1 amide bonds. The van der Waals surface area contributed by atoms with Crippen molar-refractivity contribution < 1.29 is 4.79 Å². The van der Waals surface area contributed by atoms with Gasteiger partial charge in [-0.3, -0.25) is 4.79 Å². The van der Waals surface area contributed by atoms with E-state index in [1.807, 2.05) is 59.3 Å². The number of carbonyl (C=O) groups is 1. The number of amides is 1. The van der Waals surface area contributed by atoms with Gasteiger partial charge in [-0.1, -0.05) is 51.4 Å². The van der Waals surface area contributed by atoms with Gasteiger partial charge < -0.3 is 5.32 Å². The summed E-state index contributed by atoms with van der Waals surface area (Å²) in [4.78, 5) is 12.6. The van der Waals surface area contributed by atoms with Gasteiger partial charge in [-0.25, -0.2) is 4.68 Å². The number of nitrogens with zero attached hydrogens (tertiary/aromatic N) is 2. The van der Waals surface area contributed by atoms with E-state index in [0.29, 0.717) is 16.4 Å². The van der Waals surface area contributed by atoms with Gasteiger partial charge in [0.25, 0.3) is 5.91 Å². The van der Waals surface area contributed by atoms with E-state index in [9.17, 15) is 4.79 Å². The van der Waals surface area contributed by atoms with Crippen LogP contribution in [0.2, 0.25) is 5.02 Å². The van der Waals surface area contributed by atoms with Crippen molar-refractivity contribution in [2.24, 2.45) is 0 Å². The summed E-state index contributed by atoms with van der Waals surface area (Å²) in [6.07, 6.45) is 0.797. The molecule has 0 saturated heterocycles. The summed E-state index contributed by atoms with van der Waals surface area (Å²) >= 11 is 5.97. The highest BCUT2D eigenvalue weighted by Crippen LogP contribution is 2.23. The zero-order chi connectivity index (χ0) is 19.6. The lowest BCUT2D eigenvalue weighted by Crippen LogP contribution is -2.14. The Hall–Kier alpha value is -2.59. The van der Waals surface area contributed by atoms with Gasteiger partial charge in [0.05, 0.1) is 5.69 Å². The molecular formula is C22H24ClN3O. The molecule has 0 spiro atoms. The molecule has 1 heterocycles. The Bertz CT molecular complexity index is 935. The molecule has 1 N–H and O–H groups in total. The average Bonchev–Trinajstić information content (AvgIpc) is 3.04. The average molecular weight is 382 g/mol. The number of aryl methyl sites for hydroxylation is 1. The monoisotopic (exact) mass is 381 g/mol. The first-order chi connectivity index (χ1) is 12.8. The van der Waals surface area contributed by atoms with E-state index in [2.05, 4.69) is 38.1 Å². The fourth-order valence-corrected chi connectivity index (χ4v) is 2.97. The van der Waals surface area contributed by atoms with E-state index in [1.165, 1.54) is 5.56 Å². The normalized spacial score (nSPS) is 11.4. The van der Waals surface area contributed by atoms with Gasteiger partial charge in [0.15, 0.2) is 5.82 Å². The molecule has 4 nitrogen and oxygen atoms in total. The first kappa shape index (κ1) is 19.2. The van der Waals surface area contributed by atoms with Crippen LogP contribution in [0.15, 0.2) is 54.6 Å². The van der Waals surface area contributed by atoms with Gasteiger partial charge in [0, 0.05) is 22.3 Å². The topological polar surface area (TPSA) is 46.9 Å². The van der Waals surface area contributed by atoms with Crippen molar-refractivity contribution in [1.82, 2.24) is 9.78 Å². The summed E-state index contributed by atoms with van der Waals surface area (Å²) in [6, 6.07) is 17.1. The van der Waals surface area contributed by atoms with E-state index < -0.39 is 0 Å². The summed E-state index contributed by atoms with van der Waals surface area (Å²) in [5.74, 6) is 0.366. The number of anilines is 1. The Morgan fingerprint density at radius 3 is 2.26 bits per heavy atom. The van der Waals surface area contributed by atoms with Gasteiger partial charge in [-0.2, -0.15) is 0 Å². The highest BCUT2D eigenvalue weighted by atomic mass is 35.5. The zero-order valence-corrected chi connectivity index (χ0v) is 16.8. The van der Waals surface area contributed by atoms with E-state index in [4.69, 9.17) is 11.6 Å². The molecule has 5 heteroatoms. The van der Waals surface area contributed by atoms with Gasteiger partial charge in [0.2, 0.25) is 0 Å². The summed E-state index contributed by atoms with van der Waals surface area (Å²) in [6.45, 7) is 8.51. The van der Waals surface area contributed by atoms with Crippen LogP contribution in [-0.2, 0) is 11.8 Å². The molecule has 2 aromatic carbocycles. The molecule has 0 saturated carbocycles. The maximum atomic E-state index is 12.6. The maximum Gasteiger partial charge on any atom is 0.256 e. The molecule has 0 unspecified atom stereocenters. The highest BCUT2D eigenvalue weighted by molar-refractivity contribution is 6.30. The summed E-state index contributed by atoms with van der Waals surface area (Å²) in [5.41, 5.74) is 3.78. The van der Waals surface area contributed by atoms with Crippen LogP contribution in [0.1, 0.15) is 49.3 Å². The van der Waals surface area contributed by atoms with E-state index in [0.717, 1.165) is 17.8 Å². The molecule has 0 radical (unpaired) electrons. The summed E-state index contributed by atoms with van der Waals surface area (Å²) in [5, 5.41) is 8.12. The number of carbonyl (C=O) groups excluding carboxylic acids is 1. The number of rotatable bonds is 4. The van der Waals surface area contributed by atoms with Gasteiger partial charge in [0.1, 0.15) is 0 Å². The van der Waals surface area contributed by atoms with Crippen LogP contribution < -0.4 is 5.32 Å². The van der Waals surface area contributed by atoms with Crippen molar-refractivity contribution in [1.29, 1.82) is 0 Å². The minimum Gasteiger partial charge on any atom is -0.305 e. The summed E-state index contributed by atoms with van der Waals surface area (Å²) in [7, 11) is 0. The predicted octanol–water partition coefficient (Wildman–Crippen LogP) is 5.64. The molecule has 3 rings (SSSR count). The van der Waals surface area contributed by atoms with Crippen LogP contribution in [0.3, 0.4) is 0 Å². The Balaban J connectivity index is 1.81. The van der Waals surface area contributed by atoms with Crippen LogP contribution in [0, 0.1) is 0 Å². The first-order valence-electron chi connectivity index (χ1n) is 9.04. The van der Waals surface area contributed by atoms with E-state index in [-0.39, 0.29) is 11.3 Å². The van der Waals surface area contributed by atoms with E-state index in [1.54, 1.807) is 0 Å². The number of hydrogen-bond acceptors (Lipinski definition) is 2. The quantitative estimate of drug-likeness (QED) is 0.635. The lowest BCUT2D eigenvalue weighted by molar-refractivity contribution is 0.102. The standard InChI is InChI=1S/C22H24ClN3O/c1-5-18-14-20(25-26(18)19-12-10-17(23)11-13-19)24-21(27)15-6-8-16(9-7-15)22(2,3)4/h6-14H,5H2,1-4H3,(H,24,25,27). The SMILES string of the molecule is CCc1cc(NC(=O)c2ccc(C(C)(C)C)cc2)nn1-c1ccc(Cl)cc1. The van der Waals surface area contributed by atoms with Gasteiger partial charge in [-0.05, 0) is 53.8 Å². The van der Waals surface area contributed by atoms with Crippen molar-refractivity contribution in [3.63, 3.8) is 0 Å². The van der Waals surface area contributed by atoms with Crippen LogP contribution in [0.25, 0.3) is 5.69 Å². The lowest BCUT2D eigenvalue weighted by atomic mass is 9.87. The molecule has 0 aliphatic rings. The Labute approximate surface area is 165 Å².